The fourth-order valence-electron chi connectivity index (χ4n) is 1.30. The number of thiophene rings is 1. The third kappa shape index (κ3) is 1.72. The summed E-state index contributed by atoms with van der Waals surface area (Å²) in [5.74, 6) is -0.854. The molecule has 2 nitrogen and oxygen atoms in total. The van der Waals surface area contributed by atoms with Crippen molar-refractivity contribution < 1.29 is 9.90 Å². The Morgan fingerprint density at radius 1 is 1.50 bits per heavy atom. The minimum atomic E-state index is -0.854. The maximum Gasteiger partial charge on any atom is 0.345 e. The summed E-state index contributed by atoms with van der Waals surface area (Å²) in [6.07, 6.45) is 9.08. The smallest absolute Gasteiger partial charge is 0.345 e. The first-order valence-electron chi connectivity index (χ1n) is 4.31. The topological polar surface area (TPSA) is 37.3 Å². The van der Waals surface area contributed by atoms with Crippen molar-refractivity contribution in [3.05, 3.63) is 46.5 Å². The minimum Gasteiger partial charge on any atom is -0.477 e. The lowest BCUT2D eigenvalue weighted by Gasteiger charge is -2.11. The van der Waals surface area contributed by atoms with Crippen LogP contribution < -0.4 is 0 Å². The molecule has 0 saturated heterocycles. The Morgan fingerprint density at radius 2 is 2.36 bits per heavy atom. The first kappa shape index (κ1) is 9.09. The number of hydrogen-bond donors (Lipinski definition) is 1. The van der Waals surface area contributed by atoms with Gasteiger partial charge in [-0.25, -0.2) is 23.4 Å². The van der Waals surface area contributed by atoms with Gasteiger partial charge in [-0.2, -0.15) is 0 Å². The van der Waals surface area contributed by atoms with E-state index < -0.39 is 5.97 Å². The molecule has 1 aliphatic carbocycles. The maximum absolute atomic E-state index is 10.7. The van der Waals surface area contributed by atoms with Gasteiger partial charge >= 0.3 is 5.97 Å². The van der Waals surface area contributed by atoms with Crippen molar-refractivity contribution >= 4 is 22.9 Å². The summed E-state index contributed by atoms with van der Waals surface area (Å²) < 4.78 is 0. The predicted octanol–water partition coefficient (Wildman–Crippen LogP) is 2.99. The van der Waals surface area contributed by atoms with Crippen LogP contribution in [0.4, 0.5) is 0 Å². The Bertz CT molecular complexity index is 413. The molecule has 0 saturated carbocycles. The molecule has 0 aliphatic heterocycles. The van der Waals surface area contributed by atoms with E-state index in [4.69, 9.17) is 5.11 Å². The van der Waals surface area contributed by atoms with E-state index in [9.17, 15) is 4.79 Å². The second-order valence-electron chi connectivity index (χ2n) is 2.96. The number of aromatic carboxylic acids is 1. The molecule has 0 spiro atoms. The van der Waals surface area contributed by atoms with Crippen LogP contribution in [0.5, 0.6) is 0 Å². The molecule has 0 radical (unpaired) electrons. The second kappa shape index (κ2) is 3.72. The highest BCUT2D eigenvalue weighted by Gasteiger charge is 2.06. The van der Waals surface area contributed by atoms with Crippen molar-refractivity contribution in [2.45, 2.75) is 6.42 Å². The highest BCUT2D eigenvalue weighted by molar-refractivity contribution is 7.15. The molecule has 0 atom stereocenters. The molecule has 1 N–H and O–H groups in total. The van der Waals surface area contributed by atoms with Gasteiger partial charge in [-0.05, 0) is 12.1 Å². The van der Waals surface area contributed by atoms with Crippen LogP contribution >= 0.6 is 11.3 Å². The molecule has 14 heavy (non-hydrogen) atoms. The molecule has 1 heterocycles. The summed E-state index contributed by atoms with van der Waals surface area (Å²) in [6.45, 7) is 0. The van der Waals surface area contributed by atoms with Crippen LogP contribution in [0.25, 0.3) is 5.57 Å². The summed E-state index contributed by atoms with van der Waals surface area (Å²) in [7, 11) is 0. The lowest BCUT2D eigenvalue weighted by atomic mass is 10.1. The van der Waals surface area contributed by atoms with Crippen molar-refractivity contribution in [1.29, 1.82) is 0 Å². The summed E-state index contributed by atoms with van der Waals surface area (Å²) in [5, 5.41) is 8.76. The van der Waals surface area contributed by atoms with Gasteiger partial charge in [0.15, 0.2) is 0 Å². The van der Waals surface area contributed by atoms with Crippen LogP contribution in [0.3, 0.4) is 0 Å². The second-order valence-corrected chi connectivity index (χ2v) is 4.04. The highest BCUT2D eigenvalue weighted by atomic mass is 32.1. The largest absolute Gasteiger partial charge is 0.477 e. The molecule has 0 fully saturated rings. The van der Waals surface area contributed by atoms with Crippen molar-refractivity contribution in [2.75, 3.05) is 0 Å². The summed E-state index contributed by atoms with van der Waals surface area (Å²) in [5.41, 5.74) is 1.12. The molecule has 3 heteroatoms. The van der Waals surface area contributed by atoms with Crippen molar-refractivity contribution in [1.82, 2.24) is 0 Å². The van der Waals surface area contributed by atoms with Crippen LogP contribution in [-0.4, -0.2) is 11.1 Å². The van der Waals surface area contributed by atoms with E-state index in [1.807, 2.05) is 18.2 Å². The fourth-order valence-corrected chi connectivity index (χ4v) is 2.17. The molecule has 0 aromatic carbocycles. The Morgan fingerprint density at radius 3 is 2.93 bits per heavy atom. The molecular formula is C11H9O2S-. The molecule has 72 valence electrons. The number of carbonyl (C=O) groups is 1. The molecule has 1 aromatic rings. The number of hydrogen-bond acceptors (Lipinski definition) is 2. The summed E-state index contributed by atoms with van der Waals surface area (Å²) in [6, 6.07) is 3.50. The molecule has 0 bridgehead atoms. The first-order chi connectivity index (χ1) is 6.77. The normalized spacial score (nSPS) is 14.7. The van der Waals surface area contributed by atoms with Gasteiger partial charge in [0.25, 0.3) is 0 Å². The van der Waals surface area contributed by atoms with Gasteiger partial charge in [0.1, 0.15) is 4.88 Å². The van der Waals surface area contributed by atoms with Gasteiger partial charge in [0.2, 0.25) is 0 Å². The van der Waals surface area contributed by atoms with E-state index in [1.165, 1.54) is 11.3 Å². The quantitative estimate of drug-likeness (QED) is 0.753. The van der Waals surface area contributed by atoms with E-state index in [2.05, 4.69) is 12.5 Å². The molecule has 2 rings (SSSR count). The average molecular weight is 205 g/mol. The van der Waals surface area contributed by atoms with Gasteiger partial charge < -0.3 is 5.11 Å². The van der Waals surface area contributed by atoms with E-state index in [0.717, 1.165) is 16.9 Å². The average Bonchev–Trinajstić information content (AvgIpc) is 2.68. The zero-order chi connectivity index (χ0) is 9.97. The van der Waals surface area contributed by atoms with E-state index >= 15 is 0 Å². The summed E-state index contributed by atoms with van der Waals surface area (Å²) >= 11 is 1.31. The Hall–Kier alpha value is -1.48. The third-order valence-corrected chi connectivity index (χ3v) is 3.11. The highest BCUT2D eigenvalue weighted by Crippen LogP contribution is 2.27. The fraction of sp³-hybridized carbons (Fsp3) is 0.0909. The van der Waals surface area contributed by atoms with Gasteiger partial charge in [0.05, 0.1) is 0 Å². The van der Waals surface area contributed by atoms with Gasteiger partial charge in [-0.3, -0.25) is 0 Å². The van der Waals surface area contributed by atoms with E-state index in [-0.39, 0.29) is 0 Å². The number of carboxylic acid groups (broad SMARTS) is 1. The molecule has 1 aliphatic rings. The molecule has 0 amide bonds. The van der Waals surface area contributed by atoms with Crippen molar-refractivity contribution in [3.8, 4) is 0 Å². The van der Waals surface area contributed by atoms with Crippen LogP contribution in [0.2, 0.25) is 0 Å². The van der Waals surface area contributed by atoms with Crippen LogP contribution in [0, 0.1) is 6.42 Å². The number of rotatable bonds is 2. The van der Waals surface area contributed by atoms with Gasteiger partial charge in [-0.15, -0.1) is 17.4 Å². The van der Waals surface area contributed by atoms with Crippen LogP contribution in [0.1, 0.15) is 21.0 Å². The SMILES string of the molecule is O=C(O)c1ccc(C2=CC[CH-]C=C2)s1. The first-order valence-corrected chi connectivity index (χ1v) is 5.12. The van der Waals surface area contributed by atoms with E-state index in [0.29, 0.717) is 4.88 Å². The predicted molar refractivity (Wildman–Crippen MR) is 57.3 cm³/mol. The third-order valence-electron chi connectivity index (χ3n) is 1.99. The number of carboxylic acids is 1. The zero-order valence-electron chi connectivity index (χ0n) is 7.43. The Balaban J connectivity index is 2.28. The molecule has 1 aromatic heterocycles. The molecule has 0 unspecified atom stereocenters. The number of allylic oxidation sites excluding steroid dienone is 4. The summed E-state index contributed by atoms with van der Waals surface area (Å²) in [4.78, 5) is 12.1. The zero-order valence-corrected chi connectivity index (χ0v) is 8.25. The standard InChI is InChI=1S/C11H9O2S/c12-11(13)10-7-6-9(14-10)8-4-2-1-3-5-8/h1-2,4-7H,3H2,(H,12,13)/q-1. The van der Waals surface area contributed by atoms with Crippen LogP contribution in [0.15, 0.2) is 30.4 Å². The van der Waals surface area contributed by atoms with Gasteiger partial charge in [0, 0.05) is 4.88 Å². The van der Waals surface area contributed by atoms with Crippen LogP contribution in [-0.2, 0) is 0 Å². The lowest BCUT2D eigenvalue weighted by Crippen LogP contribution is -1.89. The van der Waals surface area contributed by atoms with Gasteiger partial charge in [-0.1, -0.05) is 12.0 Å². The molecular weight excluding hydrogens is 196 g/mol. The minimum absolute atomic E-state index is 0.392. The van der Waals surface area contributed by atoms with Crippen molar-refractivity contribution in [2.24, 2.45) is 0 Å². The van der Waals surface area contributed by atoms with E-state index in [1.54, 1.807) is 6.07 Å². The maximum atomic E-state index is 10.7. The van der Waals surface area contributed by atoms with Crippen molar-refractivity contribution in [3.63, 3.8) is 0 Å². The monoisotopic (exact) mass is 205 g/mol. The Kier molecular flexibility index (Phi) is 2.41. The Labute approximate surface area is 86.2 Å². The lowest BCUT2D eigenvalue weighted by molar-refractivity contribution is 0.0702.